The zero-order valence-corrected chi connectivity index (χ0v) is 11.5. The molecule has 0 saturated carbocycles. The lowest BCUT2D eigenvalue weighted by Crippen LogP contribution is -2.39. The van der Waals surface area contributed by atoms with E-state index < -0.39 is 4.92 Å². The molecular weight excluding hydrogens is 246 g/mol. The summed E-state index contributed by atoms with van der Waals surface area (Å²) in [5.74, 6) is 1.85. The van der Waals surface area contributed by atoms with E-state index in [1.807, 2.05) is 4.90 Å². The number of hydrogen-bond acceptors (Lipinski definition) is 6. The van der Waals surface area contributed by atoms with Crippen LogP contribution in [0.3, 0.4) is 0 Å². The van der Waals surface area contributed by atoms with E-state index in [9.17, 15) is 10.1 Å². The van der Waals surface area contributed by atoms with Crippen LogP contribution in [0.25, 0.3) is 0 Å². The molecule has 1 aliphatic heterocycles. The number of anilines is 2. The van der Waals surface area contributed by atoms with Gasteiger partial charge in [0.05, 0.1) is 4.92 Å². The van der Waals surface area contributed by atoms with Crippen LogP contribution in [-0.2, 0) is 0 Å². The van der Waals surface area contributed by atoms with Gasteiger partial charge in [0.15, 0.2) is 0 Å². The van der Waals surface area contributed by atoms with Gasteiger partial charge in [-0.2, -0.15) is 4.98 Å². The SMILES string of the molecule is CNc1ncc([N+](=O)[O-])c(N2CC(C)CC(C)C2)n1. The first-order chi connectivity index (χ1) is 9.01. The molecule has 0 radical (unpaired) electrons. The molecule has 2 heterocycles. The Morgan fingerprint density at radius 2 is 2.05 bits per heavy atom. The molecule has 2 unspecified atom stereocenters. The largest absolute Gasteiger partial charge is 0.357 e. The zero-order chi connectivity index (χ0) is 14.0. The number of nitrogens with one attached hydrogen (secondary N) is 1. The molecule has 2 atom stereocenters. The molecule has 0 aromatic carbocycles. The Morgan fingerprint density at radius 1 is 1.42 bits per heavy atom. The quantitative estimate of drug-likeness (QED) is 0.664. The van der Waals surface area contributed by atoms with E-state index >= 15 is 0 Å². The lowest BCUT2D eigenvalue weighted by atomic mass is 9.92. The standard InChI is InChI=1S/C12H19N5O2/c1-8-4-9(2)7-16(6-8)11-10(17(18)19)5-14-12(13-3)15-11/h5,8-9H,4,6-7H2,1-3H3,(H,13,14,15). The van der Waals surface area contributed by atoms with Crippen LogP contribution in [0.5, 0.6) is 0 Å². The van der Waals surface area contributed by atoms with Crippen LogP contribution in [0.1, 0.15) is 20.3 Å². The Labute approximate surface area is 112 Å². The fraction of sp³-hybridized carbons (Fsp3) is 0.667. The molecule has 104 valence electrons. The van der Waals surface area contributed by atoms with Crippen molar-refractivity contribution in [3.8, 4) is 0 Å². The highest BCUT2D eigenvalue weighted by atomic mass is 16.6. The van der Waals surface area contributed by atoms with E-state index in [0.717, 1.165) is 19.5 Å². The van der Waals surface area contributed by atoms with Crippen molar-refractivity contribution in [2.75, 3.05) is 30.4 Å². The van der Waals surface area contributed by atoms with Gasteiger partial charge >= 0.3 is 5.69 Å². The smallest absolute Gasteiger partial charge is 0.329 e. The normalized spacial score (nSPS) is 23.2. The van der Waals surface area contributed by atoms with Crippen molar-refractivity contribution in [2.45, 2.75) is 20.3 Å². The van der Waals surface area contributed by atoms with Gasteiger partial charge in [-0.25, -0.2) is 4.98 Å². The summed E-state index contributed by atoms with van der Waals surface area (Å²) in [5, 5.41) is 13.9. The minimum Gasteiger partial charge on any atom is -0.357 e. The fourth-order valence-electron chi connectivity index (χ4n) is 2.68. The molecule has 1 saturated heterocycles. The van der Waals surface area contributed by atoms with E-state index in [4.69, 9.17) is 0 Å². The maximum atomic E-state index is 11.1. The summed E-state index contributed by atoms with van der Waals surface area (Å²) in [6.07, 6.45) is 2.42. The second-order valence-corrected chi connectivity index (χ2v) is 5.26. The molecule has 7 nitrogen and oxygen atoms in total. The van der Waals surface area contributed by atoms with Crippen molar-refractivity contribution in [3.05, 3.63) is 16.3 Å². The number of aromatic nitrogens is 2. The Morgan fingerprint density at radius 3 is 2.58 bits per heavy atom. The molecule has 0 bridgehead atoms. The van der Waals surface area contributed by atoms with Crippen molar-refractivity contribution in [3.63, 3.8) is 0 Å². The monoisotopic (exact) mass is 265 g/mol. The van der Waals surface area contributed by atoms with E-state index in [1.165, 1.54) is 6.20 Å². The fourth-order valence-corrected chi connectivity index (χ4v) is 2.68. The van der Waals surface area contributed by atoms with Crippen LogP contribution in [0.15, 0.2) is 6.20 Å². The topological polar surface area (TPSA) is 84.2 Å². The minimum absolute atomic E-state index is 0.0275. The molecule has 1 aromatic rings. The predicted molar refractivity (Wildman–Crippen MR) is 73.4 cm³/mol. The second kappa shape index (κ2) is 5.38. The summed E-state index contributed by atoms with van der Waals surface area (Å²) in [7, 11) is 1.70. The van der Waals surface area contributed by atoms with Crippen LogP contribution in [0.4, 0.5) is 17.5 Å². The summed E-state index contributed by atoms with van der Waals surface area (Å²) < 4.78 is 0. The Balaban J connectivity index is 2.38. The summed E-state index contributed by atoms with van der Waals surface area (Å²) >= 11 is 0. The highest BCUT2D eigenvalue weighted by Crippen LogP contribution is 2.31. The zero-order valence-electron chi connectivity index (χ0n) is 11.5. The first kappa shape index (κ1) is 13.5. The van der Waals surface area contributed by atoms with Gasteiger partial charge in [-0.1, -0.05) is 13.8 Å². The molecule has 0 amide bonds. The van der Waals surface area contributed by atoms with Crippen molar-refractivity contribution in [1.29, 1.82) is 0 Å². The van der Waals surface area contributed by atoms with Crippen LogP contribution in [0, 0.1) is 22.0 Å². The van der Waals surface area contributed by atoms with Gasteiger partial charge in [-0.15, -0.1) is 0 Å². The van der Waals surface area contributed by atoms with E-state index in [2.05, 4.69) is 29.1 Å². The molecular formula is C12H19N5O2. The molecule has 19 heavy (non-hydrogen) atoms. The molecule has 1 N–H and O–H groups in total. The third kappa shape index (κ3) is 2.91. The van der Waals surface area contributed by atoms with E-state index in [1.54, 1.807) is 7.05 Å². The maximum absolute atomic E-state index is 11.1. The first-order valence-corrected chi connectivity index (χ1v) is 6.45. The van der Waals surface area contributed by atoms with Crippen LogP contribution in [0.2, 0.25) is 0 Å². The summed E-state index contributed by atoms with van der Waals surface area (Å²) in [6, 6.07) is 0. The molecule has 1 fully saturated rings. The highest BCUT2D eigenvalue weighted by molar-refractivity contribution is 5.59. The first-order valence-electron chi connectivity index (χ1n) is 6.45. The van der Waals surface area contributed by atoms with Gasteiger partial charge < -0.3 is 10.2 Å². The lowest BCUT2D eigenvalue weighted by molar-refractivity contribution is -0.384. The van der Waals surface area contributed by atoms with Gasteiger partial charge in [-0.3, -0.25) is 10.1 Å². The molecule has 1 aliphatic rings. The van der Waals surface area contributed by atoms with Gasteiger partial charge in [0.25, 0.3) is 0 Å². The van der Waals surface area contributed by atoms with Gasteiger partial charge in [-0.05, 0) is 18.3 Å². The predicted octanol–water partition coefficient (Wildman–Crippen LogP) is 1.91. The number of nitrogens with zero attached hydrogens (tertiary/aromatic N) is 4. The lowest BCUT2D eigenvalue weighted by Gasteiger charge is -2.35. The van der Waals surface area contributed by atoms with Crippen molar-refractivity contribution in [2.24, 2.45) is 11.8 Å². The number of rotatable bonds is 3. The average Bonchev–Trinajstić information content (AvgIpc) is 2.36. The summed E-state index contributed by atoms with van der Waals surface area (Å²) in [6.45, 7) is 5.92. The molecule has 2 rings (SSSR count). The van der Waals surface area contributed by atoms with Crippen LogP contribution >= 0.6 is 0 Å². The minimum atomic E-state index is -0.418. The van der Waals surface area contributed by atoms with Crippen molar-refractivity contribution < 1.29 is 4.92 Å². The maximum Gasteiger partial charge on any atom is 0.329 e. The highest BCUT2D eigenvalue weighted by Gasteiger charge is 2.28. The Bertz CT molecular complexity index is 469. The van der Waals surface area contributed by atoms with Gasteiger partial charge in [0, 0.05) is 20.1 Å². The van der Waals surface area contributed by atoms with Crippen molar-refractivity contribution in [1.82, 2.24) is 9.97 Å². The average molecular weight is 265 g/mol. The van der Waals surface area contributed by atoms with Crippen molar-refractivity contribution >= 4 is 17.5 Å². The number of nitro groups is 1. The molecule has 0 spiro atoms. The Kier molecular flexibility index (Phi) is 3.82. The van der Waals surface area contributed by atoms with E-state index in [-0.39, 0.29) is 5.69 Å². The molecule has 1 aromatic heterocycles. The van der Waals surface area contributed by atoms with Gasteiger partial charge in [0.2, 0.25) is 11.8 Å². The number of piperidine rings is 1. The third-order valence-electron chi connectivity index (χ3n) is 3.34. The van der Waals surface area contributed by atoms with Gasteiger partial charge in [0.1, 0.15) is 6.20 Å². The summed E-state index contributed by atoms with van der Waals surface area (Å²) in [4.78, 5) is 20.9. The summed E-state index contributed by atoms with van der Waals surface area (Å²) in [5.41, 5.74) is -0.0275. The number of hydrogen-bond donors (Lipinski definition) is 1. The Hall–Kier alpha value is -1.92. The van der Waals surface area contributed by atoms with Crippen LogP contribution in [-0.4, -0.2) is 35.0 Å². The van der Waals surface area contributed by atoms with Crippen LogP contribution < -0.4 is 10.2 Å². The molecule has 7 heteroatoms. The second-order valence-electron chi connectivity index (χ2n) is 5.26. The van der Waals surface area contributed by atoms with E-state index in [0.29, 0.717) is 23.6 Å². The molecule has 0 aliphatic carbocycles. The third-order valence-corrected chi connectivity index (χ3v) is 3.34.